The molecule has 0 radical (unpaired) electrons. The van der Waals surface area contributed by atoms with Crippen LogP contribution in [0.25, 0.3) is 10.9 Å². The second-order valence-electron chi connectivity index (χ2n) is 9.57. The topological polar surface area (TPSA) is 124 Å². The van der Waals surface area contributed by atoms with E-state index in [2.05, 4.69) is 20.4 Å². The highest BCUT2D eigenvalue weighted by atomic mass is 16.5. The van der Waals surface area contributed by atoms with Crippen molar-refractivity contribution in [1.82, 2.24) is 15.0 Å². The Morgan fingerprint density at radius 2 is 1.85 bits per heavy atom. The number of carbonyl (C=O) groups is 2. The number of Topliss-reactive ketones (excluding diaryl/α,β-unsaturated/α-hetero) is 1. The lowest BCUT2D eigenvalue weighted by Crippen LogP contribution is -2.45. The van der Waals surface area contributed by atoms with E-state index in [1.165, 1.54) is 6.20 Å². The fourth-order valence-electron chi connectivity index (χ4n) is 4.69. The number of benzene rings is 1. The van der Waals surface area contributed by atoms with Crippen molar-refractivity contribution in [3.63, 3.8) is 0 Å². The number of hydrogen-bond donors (Lipinski definition) is 1. The Morgan fingerprint density at radius 3 is 2.56 bits per heavy atom. The van der Waals surface area contributed by atoms with Gasteiger partial charge in [0.25, 0.3) is 5.91 Å². The Hall–Kier alpha value is -4.25. The molecule has 3 aromatic rings. The molecule has 39 heavy (non-hydrogen) atoms. The van der Waals surface area contributed by atoms with Crippen molar-refractivity contribution in [1.29, 1.82) is 0 Å². The number of methoxy groups -OCH3 is 2. The third-order valence-electron chi connectivity index (χ3n) is 6.90. The summed E-state index contributed by atoms with van der Waals surface area (Å²) in [5.74, 6) is 1.99. The number of ether oxygens (including phenoxy) is 4. The maximum Gasteiger partial charge on any atom is 0.280 e. The molecule has 0 saturated carbocycles. The summed E-state index contributed by atoms with van der Waals surface area (Å²) < 4.78 is 22.3. The molecule has 1 saturated heterocycles. The van der Waals surface area contributed by atoms with E-state index in [0.29, 0.717) is 41.0 Å². The van der Waals surface area contributed by atoms with Gasteiger partial charge in [-0.2, -0.15) is 5.10 Å². The smallest absolute Gasteiger partial charge is 0.280 e. The maximum atomic E-state index is 12.9. The molecule has 1 unspecified atom stereocenters. The van der Waals surface area contributed by atoms with Gasteiger partial charge in [-0.05, 0) is 49.9 Å². The summed E-state index contributed by atoms with van der Waals surface area (Å²) in [5, 5.41) is 9.72. The van der Waals surface area contributed by atoms with Gasteiger partial charge in [0.05, 0.1) is 32.0 Å². The molecular weight excluding hydrogens is 502 g/mol. The van der Waals surface area contributed by atoms with Gasteiger partial charge >= 0.3 is 0 Å². The van der Waals surface area contributed by atoms with E-state index >= 15 is 0 Å². The molecule has 2 aliphatic rings. The maximum absolute atomic E-state index is 12.9. The summed E-state index contributed by atoms with van der Waals surface area (Å²) in [6, 6.07) is 8.54. The fraction of sp³-hybridized carbons (Fsp3) is 0.393. The van der Waals surface area contributed by atoms with Crippen molar-refractivity contribution < 1.29 is 28.5 Å². The van der Waals surface area contributed by atoms with Crippen LogP contribution in [0.3, 0.4) is 0 Å². The Labute approximate surface area is 226 Å². The summed E-state index contributed by atoms with van der Waals surface area (Å²) >= 11 is 0. The molecule has 2 aromatic heterocycles. The van der Waals surface area contributed by atoms with Crippen LogP contribution in [0.4, 0.5) is 5.82 Å². The molecule has 1 fully saturated rings. The molecule has 4 heterocycles. The van der Waals surface area contributed by atoms with E-state index < -0.39 is 5.91 Å². The van der Waals surface area contributed by atoms with Gasteiger partial charge in [0.1, 0.15) is 17.3 Å². The van der Waals surface area contributed by atoms with Gasteiger partial charge in [-0.3, -0.25) is 19.6 Å². The minimum absolute atomic E-state index is 0.0585. The Morgan fingerprint density at radius 1 is 1.08 bits per heavy atom. The number of nitrogens with zero attached hydrogens (tertiary/aromatic N) is 4. The molecule has 0 spiro atoms. The number of hydrazone groups is 1. The van der Waals surface area contributed by atoms with Gasteiger partial charge in [-0.1, -0.05) is 0 Å². The number of anilines is 1. The predicted octanol–water partition coefficient (Wildman–Crippen LogP) is 3.82. The van der Waals surface area contributed by atoms with Crippen LogP contribution < -0.4 is 19.5 Å². The van der Waals surface area contributed by atoms with Crippen molar-refractivity contribution in [2.45, 2.75) is 32.2 Å². The lowest BCUT2D eigenvalue weighted by atomic mass is 9.98. The van der Waals surface area contributed by atoms with Crippen LogP contribution in [0.2, 0.25) is 0 Å². The number of fused-ring (bicyclic) bond motifs is 1. The van der Waals surface area contributed by atoms with Crippen LogP contribution in [-0.2, 0) is 14.3 Å². The summed E-state index contributed by atoms with van der Waals surface area (Å²) in [4.78, 5) is 34.2. The minimum atomic E-state index is -0.578. The summed E-state index contributed by atoms with van der Waals surface area (Å²) in [7, 11) is 3.13. The van der Waals surface area contributed by atoms with Crippen LogP contribution >= 0.6 is 0 Å². The standard InChI is InChI=1S/C28H31N5O6/c1-17-12-22(34)27(32-33(17)16-18-7-10-38-11-8-18)28(35)31-26-5-4-19(15-30-26)39-23-6-9-29-21-14-25(37-3)24(36-2)13-20(21)23/h4-6,9,13-15,17-18H,7-8,10-12,16H2,1-3H3,(H,30,31,35). The van der Waals surface area contributed by atoms with Gasteiger partial charge in [0.2, 0.25) is 0 Å². The molecular formula is C28H31N5O6. The highest BCUT2D eigenvalue weighted by molar-refractivity contribution is 6.67. The highest BCUT2D eigenvalue weighted by Crippen LogP contribution is 2.36. The predicted molar refractivity (Wildman–Crippen MR) is 145 cm³/mol. The summed E-state index contributed by atoms with van der Waals surface area (Å²) in [5.41, 5.74) is 0.579. The molecule has 2 aliphatic heterocycles. The zero-order chi connectivity index (χ0) is 27.4. The molecule has 0 bridgehead atoms. The first kappa shape index (κ1) is 26.4. The zero-order valence-electron chi connectivity index (χ0n) is 22.2. The Kier molecular flexibility index (Phi) is 7.87. The van der Waals surface area contributed by atoms with Gasteiger partial charge in [-0.25, -0.2) is 4.98 Å². The first-order chi connectivity index (χ1) is 18.9. The van der Waals surface area contributed by atoms with Crippen LogP contribution in [0.15, 0.2) is 47.8 Å². The molecule has 204 valence electrons. The van der Waals surface area contributed by atoms with Gasteiger partial charge in [-0.15, -0.1) is 0 Å². The first-order valence-corrected chi connectivity index (χ1v) is 12.9. The minimum Gasteiger partial charge on any atom is -0.493 e. The third-order valence-corrected chi connectivity index (χ3v) is 6.90. The monoisotopic (exact) mass is 533 g/mol. The van der Waals surface area contributed by atoms with E-state index in [1.54, 1.807) is 50.7 Å². The van der Waals surface area contributed by atoms with E-state index in [-0.39, 0.29) is 29.8 Å². The van der Waals surface area contributed by atoms with Crippen molar-refractivity contribution in [2.24, 2.45) is 11.0 Å². The quantitative estimate of drug-likeness (QED) is 0.460. The summed E-state index contributed by atoms with van der Waals surface area (Å²) in [6.07, 6.45) is 5.27. The fourth-order valence-corrected chi connectivity index (χ4v) is 4.69. The van der Waals surface area contributed by atoms with Crippen LogP contribution in [0.1, 0.15) is 26.2 Å². The van der Waals surface area contributed by atoms with Crippen molar-refractivity contribution in [3.05, 3.63) is 42.7 Å². The number of hydrogen-bond acceptors (Lipinski definition) is 10. The van der Waals surface area contributed by atoms with Crippen molar-refractivity contribution in [3.8, 4) is 23.0 Å². The zero-order valence-corrected chi connectivity index (χ0v) is 22.2. The van der Waals surface area contributed by atoms with Crippen molar-refractivity contribution >= 4 is 34.1 Å². The molecule has 5 rings (SSSR count). The number of rotatable bonds is 8. The number of nitrogens with one attached hydrogen (secondary N) is 1. The molecule has 1 N–H and O–H groups in total. The lowest BCUT2D eigenvalue weighted by Gasteiger charge is -2.34. The number of ketones is 1. The second kappa shape index (κ2) is 11.6. The first-order valence-electron chi connectivity index (χ1n) is 12.9. The van der Waals surface area contributed by atoms with Crippen LogP contribution in [0.5, 0.6) is 23.0 Å². The Bertz CT molecular complexity index is 1390. The molecule has 0 aliphatic carbocycles. The SMILES string of the molecule is COc1cc2nccc(Oc3ccc(NC(=O)C4=NN(CC5CCOCC5)C(C)CC4=O)nc3)c2cc1OC. The molecule has 1 atom stereocenters. The van der Waals surface area contributed by atoms with E-state index in [9.17, 15) is 9.59 Å². The summed E-state index contributed by atoms with van der Waals surface area (Å²) in [6.45, 7) is 4.11. The third kappa shape index (κ3) is 5.93. The number of amides is 1. The normalized spacial score (nSPS) is 18.0. The van der Waals surface area contributed by atoms with Gasteiger partial charge < -0.3 is 24.3 Å². The highest BCUT2D eigenvalue weighted by Gasteiger charge is 2.32. The van der Waals surface area contributed by atoms with E-state index in [4.69, 9.17) is 18.9 Å². The number of pyridine rings is 2. The average molecular weight is 534 g/mol. The van der Waals surface area contributed by atoms with E-state index in [0.717, 1.165) is 31.4 Å². The molecule has 11 heteroatoms. The Balaban J connectivity index is 1.28. The molecule has 1 aromatic carbocycles. The van der Waals surface area contributed by atoms with Crippen LogP contribution in [0, 0.1) is 5.92 Å². The lowest BCUT2D eigenvalue weighted by molar-refractivity contribution is -0.117. The number of aromatic nitrogens is 2. The molecule has 1 amide bonds. The second-order valence-corrected chi connectivity index (χ2v) is 9.57. The van der Waals surface area contributed by atoms with Crippen molar-refractivity contribution in [2.75, 3.05) is 39.3 Å². The van der Waals surface area contributed by atoms with Gasteiger partial charge in [0, 0.05) is 43.8 Å². The van der Waals surface area contributed by atoms with E-state index in [1.807, 2.05) is 11.9 Å². The number of carbonyl (C=O) groups excluding carboxylic acids is 2. The largest absolute Gasteiger partial charge is 0.493 e. The molecule has 11 nitrogen and oxygen atoms in total. The average Bonchev–Trinajstić information content (AvgIpc) is 2.95. The van der Waals surface area contributed by atoms with Gasteiger partial charge in [0.15, 0.2) is 23.0 Å². The van der Waals surface area contributed by atoms with Crippen LogP contribution in [-0.4, -0.2) is 72.4 Å².